The lowest BCUT2D eigenvalue weighted by molar-refractivity contribution is 0.394. The Kier molecular flexibility index (Phi) is 7.91. The quantitative estimate of drug-likeness (QED) is 0.560. The summed E-state index contributed by atoms with van der Waals surface area (Å²) in [5, 5.41) is 2.48. The Balaban J connectivity index is 3.74. The summed E-state index contributed by atoms with van der Waals surface area (Å²) in [7, 11) is 2.63. The summed E-state index contributed by atoms with van der Waals surface area (Å²) in [6, 6.07) is 0. The van der Waals surface area contributed by atoms with Gasteiger partial charge in [0.15, 0.2) is 0 Å². The third-order valence-electron chi connectivity index (χ3n) is 2.36. The third-order valence-corrected chi connectivity index (χ3v) is 4.19. The average molecular weight is 251 g/mol. The number of hydrogen-bond donors (Lipinski definition) is 2. The molecule has 0 aromatic rings. The number of hydrogen-bond acceptors (Lipinski definition) is 4. The molecule has 0 amide bonds. The molecule has 0 aromatic heterocycles. The van der Waals surface area contributed by atoms with Crippen LogP contribution in [-0.2, 0) is 10.0 Å². The first-order chi connectivity index (χ1) is 7.40. The van der Waals surface area contributed by atoms with Gasteiger partial charge in [0, 0.05) is 13.1 Å². The molecule has 0 aliphatic rings. The van der Waals surface area contributed by atoms with Gasteiger partial charge in [-0.1, -0.05) is 0 Å². The molecule has 0 fully saturated rings. The van der Waals surface area contributed by atoms with Crippen LogP contribution in [0.5, 0.6) is 0 Å². The van der Waals surface area contributed by atoms with Crippen molar-refractivity contribution < 1.29 is 8.42 Å². The number of nitrogens with one attached hydrogen (secondary N) is 2. The van der Waals surface area contributed by atoms with Crippen molar-refractivity contribution in [1.82, 2.24) is 14.9 Å². The van der Waals surface area contributed by atoms with Gasteiger partial charge in [0.1, 0.15) is 0 Å². The molecule has 0 radical (unpaired) electrons. The van der Waals surface area contributed by atoms with Crippen LogP contribution in [0.15, 0.2) is 0 Å². The molecule has 0 aromatic carbocycles. The first-order valence-corrected chi connectivity index (χ1v) is 7.22. The predicted molar refractivity (Wildman–Crippen MR) is 68.1 cm³/mol. The Bertz CT molecular complexity index is 265. The minimum Gasteiger partial charge on any atom is -0.318 e. The van der Waals surface area contributed by atoms with E-state index in [1.807, 2.05) is 14.1 Å². The fraction of sp³-hybridized carbons (Fsp3) is 1.00. The smallest absolute Gasteiger partial charge is 0.215 e. The zero-order valence-electron chi connectivity index (χ0n) is 10.8. The second kappa shape index (κ2) is 8.00. The minimum atomic E-state index is -3.15. The molecule has 0 aliphatic carbocycles. The average Bonchev–Trinajstić information content (AvgIpc) is 2.17. The molecule has 0 heterocycles. The van der Waals surface area contributed by atoms with Crippen LogP contribution < -0.4 is 10.0 Å². The van der Waals surface area contributed by atoms with Crippen molar-refractivity contribution in [2.75, 3.05) is 40.8 Å². The van der Waals surface area contributed by atoms with E-state index in [0.29, 0.717) is 13.1 Å². The summed E-state index contributed by atoms with van der Waals surface area (Å²) >= 11 is 0. The standard InChI is InChI=1S/C10H25N3O2S/c1-10(9-11-2)16(14,15)12-7-5-6-8-13(3)4/h10-12H,5-9H2,1-4H3. The van der Waals surface area contributed by atoms with Crippen LogP contribution in [0.3, 0.4) is 0 Å². The van der Waals surface area contributed by atoms with E-state index in [2.05, 4.69) is 14.9 Å². The van der Waals surface area contributed by atoms with E-state index < -0.39 is 10.0 Å². The summed E-state index contributed by atoms with van der Waals surface area (Å²) < 4.78 is 25.9. The molecule has 98 valence electrons. The Morgan fingerprint density at radius 2 is 1.88 bits per heavy atom. The Morgan fingerprint density at radius 1 is 1.25 bits per heavy atom. The van der Waals surface area contributed by atoms with Crippen molar-refractivity contribution in [2.45, 2.75) is 25.0 Å². The highest BCUT2D eigenvalue weighted by Crippen LogP contribution is 1.97. The lowest BCUT2D eigenvalue weighted by Crippen LogP contribution is -2.38. The van der Waals surface area contributed by atoms with Crippen LogP contribution in [0.25, 0.3) is 0 Å². The van der Waals surface area contributed by atoms with Crippen LogP contribution in [0, 0.1) is 0 Å². The molecule has 6 heteroatoms. The molecule has 5 nitrogen and oxygen atoms in total. The fourth-order valence-electron chi connectivity index (χ4n) is 1.31. The molecule has 0 bridgehead atoms. The predicted octanol–water partition coefficient (Wildman–Crippen LogP) is -0.144. The van der Waals surface area contributed by atoms with Gasteiger partial charge < -0.3 is 10.2 Å². The maximum atomic E-state index is 11.7. The first-order valence-electron chi connectivity index (χ1n) is 5.68. The van der Waals surface area contributed by atoms with Crippen LogP contribution in [-0.4, -0.2) is 59.3 Å². The number of rotatable bonds is 9. The lowest BCUT2D eigenvalue weighted by Gasteiger charge is -2.14. The van der Waals surface area contributed by atoms with Gasteiger partial charge in [0.05, 0.1) is 5.25 Å². The first kappa shape index (κ1) is 15.8. The summed E-state index contributed by atoms with van der Waals surface area (Å²) in [5.74, 6) is 0. The topological polar surface area (TPSA) is 61.4 Å². The third kappa shape index (κ3) is 7.16. The normalized spacial score (nSPS) is 14.3. The van der Waals surface area contributed by atoms with Crippen molar-refractivity contribution in [3.63, 3.8) is 0 Å². The maximum absolute atomic E-state index is 11.7. The van der Waals surface area contributed by atoms with Gasteiger partial charge in [-0.3, -0.25) is 0 Å². The van der Waals surface area contributed by atoms with Crippen LogP contribution in [0.1, 0.15) is 19.8 Å². The highest BCUT2D eigenvalue weighted by atomic mass is 32.2. The zero-order valence-corrected chi connectivity index (χ0v) is 11.6. The van der Waals surface area contributed by atoms with Crippen molar-refractivity contribution in [3.8, 4) is 0 Å². The van der Waals surface area contributed by atoms with Gasteiger partial charge in [0.25, 0.3) is 0 Å². The van der Waals surface area contributed by atoms with Crippen molar-refractivity contribution in [2.24, 2.45) is 0 Å². The SMILES string of the molecule is CNCC(C)S(=O)(=O)NCCCCN(C)C. The van der Waals surface area contributed by atoms with Gasteiger partial charge in [-0.25, -0.2) is 13.1 Å². The van der Waals surface area contributed by atoms with Crippen molar-refractivity contribution >= 4 is 10.0 Å². The molecule has 0 rings (SSSR count). The van der Waals surface area contributed by atoms with Gasteiger partial charge in [-0.15, -0.1) is 0 Å². The molecular formula is C10H25N3O2S. The number of unbranched alkanes of at least 4 members (excludes halogenated alkanes) is 1. The highest BCUT2D eigenvalue weighted by Gasteiger charge is 2.18. The molecule has 0 aliphatic heterocycles. The van der Waals surface area contributed by atoms with E-state index in [1.165, 1.54) is 0 Å². The van der Waals surface area contributed by atoms with Crippen LogP contribution >= 0.6 is 0 Å². The molecular weight excluding hydrogens is 226 g/mol. The van der Waals surface area contributed by atoms with Gasteiger partial charge >= 0.3 is 0 Å². The van der Waals surface area contributed by atoms with Gasteiger partial charge in [-0.05, 0) is 47.5 Å². The van der Waals surface area contributed by atoms with Crippen LogP contribution in [0.2, 0.25) is 0 Å². The second-order valence-electron chi connectivity index (χ2n) is 4.32. The second-order valence-corrected chi connectivity index (χ2v) is 6.50. The summed E-state index contributed by atoms with van der Waals surface area (Å²) in [6.45, 7) is 3.71. The summed E-state index contributed by atoms with van der Waals surface area (Å²) in [4.78, 5) is 2.10. The molecule has 0 spiro atoms. The van der Waals surface area contributed by atoms with Gasteiger partial charge in [0.2, 0.25) is 10.0 Å². The Labute approximate surface area is 99.6 Å². The van der Waals surface area contributed by atoms with Crippen LogP contribution in [0.4, 0.5) is 0 Å². The van der Waals surface area contributed by atoms with E-state index >= 15 is 0 Å². The zero-order chi connectivity index (χ0) is 12.6. The lowest BCUT2D eigenvalue weighted by atomic mass is 10.3. The summed E-state index contributed by atoms with van der Waals surface area (Å²) in [6.07, 6.45) is 1.89. The van der Waals surface area contributed by atoms with E-state index in [9.17, 15) is 8.42 Å². The van der Waals surface area contributed by atoms with Crippen molar-refractivity contribution in [3.05, 3.63) is 0 Å². The minimum absolute atomic E-state index is 0.383. The fourth-order valence-corrected chi connectivity index (χ4v) is 2.41. The van der Waals surface area contributed by atoms with E-state index in [4.69, 9.17) is 0 Å². The monoisotopic (exact) mass is 251 g/mol. The molecule has 2 N–H and O–H groups in total. The highest BCUT2D eigenvalue weighted by molar-refractivity contribution is 7.90. The molecule has 0 saturated heterocycles. The summed E-state index contributed by atoms with van der Waals surface area (Å²) in [5.41, 5.74) is 0. The largest absolute Gasteiger partial charge is 0.318 e. The molecule has 16 heavy (non-hydrogen) atoms. The van der Waals surface area contributed by atoms with E-state index in [1.54, 1.807) is 14.0 Å². The molecule has 1 unspecified atom stereocenters. The van der Waals surface area contributed by atoms with Crippen molar-refractivity contribution in [1.29, 1.82) is 0 Å². The van der Waals surface area contributed by atoms with Gasteiger partial charge in [-0.2, -0.15) is 0 Å². The van der Waals surface area contributed by atoms with E-state index in [0.717, 1.165) is 19.4 Å². The molecule has 0 saturated carbocycles. The Hall–Kier alpha value is -0.170. The van der Waals surface area contributed by atoms with E-state index in [-0.39, 0.29) is 5.25 Å². The number of nitrogens with zero attached hydrogens (tertiary/aromatic N) is 1. The maximum Gasteiger partial charge on any atom is 0.215 e. The number of sulfonamides is 1. The molecule has 1 atom stereocenters. The Morgan fingerprint density at radius 3 is 2.38 bits per heavy atom.